The number of hydrogen-bond donors (Lipinski definition) is 1. The summed E-state index contributed by atoms with van der Waals surface area (Å²) < 4.78 is 37.6. The number of ether oxygens (including phenoxy) is 2. The van der Waals surface area contributed by atoms with Gasteiger partial charge in [0, 0.05) is 32.4 Å². The standard InChI is InChI=1S/C18H24ClN3O6S/c1-21(18(24)15-3-2-8-28-15)12-17(23)20-13-4-5-14(19)16(11-13)29(25,26)22-6-9-27-10-7-22/h4-5,11,15H,2-3,6-10,12H2,1H3,(H,20,23)/t15-/m0/s1. The summed E-state index contributed by atoms with van der Waals surface area (Å²) in [5, 5.41) is 2.69. The SMILES string of the molecule is CN(CC(=O)Nc1ccc(Cl)c(S(=O)(=O)N2CCOCC2)c1)C(=O)[C@@H]1CCCO1. The smallest absolute Gasteiger partial charge is 0.251 e. The monoisotopic (exact) mass is 445 g/mol. The number of rotatable bonds is 6. The van der Waals surface area contributed by atoms with Crippen LogP contribution in [0, 0.1) is 0 Å². The highest BCUT2D eigenvalue weighted by Crippen LogP contribution is 2.28. The van der Waals surface area contributed by atoms with E-state index in [0.717, 1.165) is 6.42 Å². The third-order valence-corrected chi connectivity index (χ3v) is 7.15. The molecule has 0 saturated carbocycles. The zero-order chi connectivity index (χ0) is 21.0. The summed E-state index contributed by atoms with van der Waals surface area (Å²) in [6, 6.07) is 4.26. The van der Waals surface area contributed by atoms with Crippen LogP contribution in [0.25, 0.3) is 0 Å². The second kappa shape index (κ2) is 9.40. The zero-order valence-corrected chi connectivity index (χ0v) is 17.7. The van der Waals surface area contributed by atoms with Crippen molar-refractivity contribution in [3.63, 3.8) is 0 Å². The number of halogens is 1. The van der Waals surface area contributed by atoms with Gasteiger partial charge in [-0.15, -0.1) is 0 Å². The molecule has 29 heavy (non-hydrogen) atoms. The fraction of sp³-hybridized carbons (Fsp3) is 0.556. The molecular weight excluding hydrogens is 422 g/mol. The number of benzene rings is 1. The average molecular weight is 446 g/mol. The number of nitrogens with one attached hydrogen (secondary N) is 1. The molecule has 0 bridgehead atoms. The van der Waals surface area contributed by atoms with Gasteiger partial charge >= 0.3 is 0 Å². The van der Waals surface area contributed by atoms with E-state index in [2.05, 4.69) is 5.32 Å². The lowest BCUT2D eigenvalue weighted by Crippen LogP contribution is -2.41. The number of nitrogens with zero attached hydrogens (tertiary/aromatic N) is 2. The molecule has 0 aliphatic carbocycles. The molecular formula is C18H24ClN3O6S. The molecule has 2 fully saturated rings. The number of morpholine rings is 1. The van der Waals surface area contributed by atoms with Crippen LogP contribution in [0.2, 0.25) is 5.02 Å². The Labute approximate surface area is 174 Å². The van der Waals surface area contributed by atoms with Gasteiger partial charge in [0.2, 0.25) is 15.9 Å². The Morgan fingerprint density at radius 3 is 2.66 bits per heavy atom. The van der Waals surface area contributed by atoms with Crippen molar-refractivity contribution in [1.82, 2.24) is 9.21 Å². The third kappa shape index (κ3) is 5.26. The molecule has 2 heterocycles. The fourth-order valence-electron chi connectivity index (χ4n) is 3.22. The molecule has 1 atom stereocenters. The van der Waals surface area contributed by atoms with E-state index in [9.17, 15) is 18.0 Å². The van der Waals surface area contributed by atoms with Crippen LogP contribution in [0.1, 0.15) is 12.8 Å². The predicted molar refractivity (Wildman–Crippen MR) is 106 cm³/mol. The number of hydrogen-bond acceptors (Lipinski definition) is 6. The van der Waals surface area contributed by atoms with Gasteiger partial charge in [0.15, 0.2) is 0 Å². The first-order valence-electron chi connectivity index (χ1n) is 9.33. The van der Waals surface area contributed by atoms with Gasteiger partial charge in [0.05, 0.1) is 24.8 Å². The van der Waals surface area contributed by atoms with E-state index in [-0.39, 0.29) is 41.1 Å². The summed E-state index contributed by atoms with van der Waals surface area (Å²) >= 11 is 6.12. The maximum absolute atomic E-state index is 12.9. The molecule has 3 rings (SSSR count). The number of anilines is 1. The van der Waals surface area contributed by atoms with Crippen molar-refractivity contribution in [3.8, 4) is 0 Å². The van der Waals surface area contributed by atoms with Crippen LogP contribution < -0.4 is 5.32 Å². The molecule has 160 valence electrons. The molecule has 2 saturated heterocycles. The van der Waals surface area contributed by atoms with Crippen molar-refractivity contribution in [2.75, 3.05) is 51.8 Å². The van der Waals surface area contributed by atoms with Crippen molar-refractivity contribution in [1.29, 1.82) is 0 Å². The van der Waals surface area contributed by atoms with Crippen molar-refractivity contribution >= 4 is 39.1 Å². The topological polar surface area (TPSA) is 105 Å². The summed E-state index contributed by atoms with van der Waals surface area (Å²) in [4.78, 5) is 25.8. The van der Waals surface area contributed by atoms with Crippen molar-refractivity contribution in [2.45, 2.75) is 23.8 Å². The van der Waals surface area contributed by atoms with Gasteiger partial charge in [0.1, 0.15) is 11.0 Å². The second-order valence-corrected chi connectivity index (χ2v) is 9.22. The van der Waals surface area contributed by atoms with Crippen LogP contribution in [0.4, 0.5) is 5.69 Å². The Bertz CT molecular complexity index is 866. The largest absolute Gasteiger partial charge is 0.379 e. The van der Waals surface area contributed by atoms with Gasteiger partial charge in [-0.2, -0.15) is 4.31 Å². The van der Waals surface area contributed by atoms with Crippen LogP contribution in [-0.2, 0) is 29.1 Å². The summed E-state index contributed by atoms with van der Waals surface area (Å²) in [7, 11) is -2.28. The number of carbonyl (C=O) groups is 2. The average Bonchev–Trinajstić information content (AvgIpc) is 3.24. The van der Waals surface area contributed by atoms with Gasteiger partial charge in [-0.3, -0.25) is 9.59 Å². The molecule has 1 aromatic rings. The Morgan fingerprint density at radius 2 is 2.00 bits per heavy atom. The van der Waals surface area contributed by atoms with Gasteiger partial charge < -0.3 is 19.7 Å². The molecule has 2 amide bonds. The third-order valence-electron chi connectivity index (χ3n) is 4.76. The molecule has 0 aromatic heterocycles. The maximum atomic E-state index is 12.9. The Balaban J connectivity index is 1.67. The van der Waals surface area contributed by atoms with Crippen LogP contribution in [0.5, 0.6) is 0 Å². The normalized spacial score (nSPS) is 20.4. The Kier molecular flexibility index (Phi) is 7.12. The molecule has 0 unspecified atom stereocenters. The molecule has 2 aliphatic rings. The molecule has 1 aromatic carbocycles. The zero-order valence-electron chi connectivity index (χ0n) is 16.1. The van der Waals surface area contributed by atoms with Crippen LogP contribution >= 0.6 is 11.6 Å². The highest BCUT2D eigenvalue weighted by Gasteiger charge is 2.29. The van der Waals surface area contributed by atoms with Gasteiger partial charge in [0.25, 0.3) is 5.91 Å². The van der Waals surface area contributed by atoms with Gasteiger partial charge in [-0.25, -0.2) is 8.42 Å². The molecule has 0 radical (unpaired) electrons. The molecule has 1 N–H and O–H groups in total. The summed E-state index contributed by atoms with van der Waals surface area (Å²) in [5.41, 5.74) is 0.282. The van der Waals surface area contributed by atoms with Gasteiger partial charge in [-0.1, -0.05) is 11.6 Å². The molecule has 9 nitrogen and oxygen atoms in total. The van der Waals surface area contributed by atoms with Crippen LogP contribution in [0.15, 0.2) is 23.1 Å². The van der Waals surface area contributed by atoms with E-state index in [1.54, 1.807) is 0 Å². The van der Waals surface area contributed by atoms with Crippen LogP contribution in [-0.4, -0.2) is 82.0 Å². The van der Waals surface area contributed by atoms with Crippen molar-refractivity contribution in [3.05, 3.63) is 23.2 Å². The first-order chi connectivity index (χ1) is 13.8. The number of likely N-dealkylation sites (N-methyl/N-ethyl adjacent to an activating group) is 1. The highest BCUT2D eigenvalue weighted by atomic mass is 35.5. The van der Waals surface area contributed by atoms with E-state index in [1.807, 2.05) is 0 Å². The first kappa shape index (κ1) is 22.0. The summed E-state index contributed by atoms with van der Waals surface area (Å²) in [6.45, 7) is 1.49. The Hall–Kier alpha value is -1.72. The quantitative estimate of drug-likeness (QED) is 0.698. The van der Waals surface area contributed by atoms with E-state index in [4.69, 9.17) is 21.1 Å². The number of sulfonamides is 1. The van der Waals surface area contributed by atoms with Crippen LogP contribution in [0.3, 0.4) is 0 Å². The van der Waals surface area contributed by atoms with E-state index in [1.165, 1.54) is 34.5 Å². The van der Waals surface area contributed by atoms with Crippen molar-refractivity contribution in [2.24, 2.45) is 0 Å². The lowest BCUT2D eigenvalue weighted by atomic mass is 10.2. The lowest BCUT2D eigenvalue weighted by molar-refractivity contribution is -0.141. The number of amides is 2. The maximum Gasteiger partial charge on any atom is 0.251 e. The lowest BCUT2D eigenvalue weighted by Gasteiger charge is -2.26. The number of carbonyl (C=O) groups excluding carboxylic acids is 2. The predicted octanol–water partition coefficient (Wildman–Crippen LogP) is 0.937. The molecule has 2 aliphatic heterocycles. The van der Waals surface area contributed by atoms with E-state index in [0.29, 0.717) is 26.2 Å². The van der Waals surface area contributed by atoms with E-state index < -0.39 is 22.0 Å². The molecule has 11 heteroatoms. The first-order valence-corrected chi connectivity index (χ1v) is 11.1. The minimum atomic E-state index is -3.81. The minimum absolute atomic E-state index is 0.0696. The molecule has 0 spiro atoms. The summed E-state index contributed by atoms with van der Waals surface area (Å²) in [6.07, 6.45) is 0.959. The second-order valence-electron chi connectivity index (χ2n) is 6.91. The summed E-state index contributed by atoms with van der Waals surface area (Å²) in [5.74, 6) is -0.694. The van der Waals surface area contributed by atoms with Gasteiger partial charge in [-0.05, 0) is 31.0 Å². The minimum Gasteiger partial charge on any atom is -0.379 e. The highest BCUT2D eigenvalue weighted by molar-refractivity contribution is 7.89. The fourth-order valence-corrected chi connectivity index (χ4v) is 5.13. The van der Waals surface area contributed by atoms with E-state index >= 15 is 0 Å². The Morgan fingerprint density at radius 1 is 1.28 bits per heavy atom. The van der Waals surface area contributed by atoms with Crippen molar-refractivity contribution < 1.29 is 27.5 Å².